The van der Waals surface area contributed by atoms with Crippen LogP contribution in [-0.2, 0) is 0 Å². The summed E-state index contributed by atoms with van der Waals surface area (Å²) in [5, 5.41) is 0.831. The quantitative estimate of drug-likeness (QED) is 0.749. The maximum absolute atomic E-state index is 10.9. The van der Waals surface area contributed by atoms with Crippen LogP contribution >= 0.6 is 23.2 Å². The highest BCUT2D eigenvalue weighted by Gasteiger charge is 2.11. The first kappa shape index (κ1) is 9.36. The molecule has 0 aliphatic heterocycles. The molecule has 4 heteroatoms. The van der Waals surface area contributed by atoms with Crippen molar-refractivity contribution in [2.75, 3.05) is 0 Å². The minimum Gasteiger partial charge on any atom is -0.366 e. The van der Waals surface area contributed by atoms with Gasteiger partial charge in [-0.15, -0.1) is 0 Å². The highest BCUT2D eigenvalue weighted by molar-refractivity contribution is 6.36. The second-order valence-electron chi connectivity index (χ2n) is 2.39. The van der Waals surface area contributed by atoms with Crippen LogP contribution in [0.5, 0.6) is 0 Å². The second-order valence-corrected chi connectivity index (χ2v) is 3.21. The summed E-state index contributed by atoms with van der Waals surface area (Å²) in [5.74, 6) is -0.556. The summed E-state index contributed by atoms with van der Waals surface area (Å²) in [6, 6.07) is 3.18. The fourth-order valence-electron chi connectivity index (χ4n) is 0.956. The van der Waals surface area contributed by atoms with Crippen molar-refractivity contribution in [3.05, 3.63) is 33.3 Å². The average molecular weight is 204 g/mol. The number of carbonyl (C=O) groups is 1. The van der Waals surface area contributed by atoms with Crippen LogP contribution in [-0.4, -0.2) is 5.91 Å². The van der Waals surface area contributed by atoms with Crippen molar-refractivity contribution in [1.82, 2.24) is 0 Å². The molecule has 0 saturated carbocycles. The molecule has 0 bridgehead atoms. The van der Waals surface area contributed by atoms with Gasteiger partial charge in [0, 0.05) is 5.02 Å². The van der Waals surface area contributed by atoms with E-state index in [9.17, 15) is 4.79 Å². The van der Waals surface area contributed by atoms with Gasteiger partial charge in [-0.1, -0.05) is 23.2 Å². The van der Waals surface area contributed by atoms with E-state index in [2.05, 4.69) is 0 Å². The smallest absolute Gasteiger partial charge is 0.250 e. The van der Waals surface area contributed by atoms with Gasteiger partial charge in [-0.05, 0) is 24.6 Å². The van der Waals surface area contributed by atoms with Gasteiger partial charge in [0.15, 0.2) is 0 Å². The molecule has 12 heavy (non-hydrogen) atoms. The molecule has 0 fully saturated rings. The van der Waals surface area contributed by atoms with Crippen molar-refractivity contribution in [1.29, 1.82) is 0 Å². The summed E-state index contributed by atoms with van der Waals surface area (Å²) in [7, 11) is 0. The monoisotopic (exact) mass is 203 g/mol. The van der Waals surface area contributed by atoms with Gasteiger partial charge in [0.1, 0.15) is 0 Å². The number of nitrogens with two attached hydrogens (primary N) is 1. The zero-order valence-electron chi connectivity index (χ0n) is 6.40. The van der Waals surface area contributed by atoms with Crippen LogP contribution < -0.4 is 5.73 Å². The first-order valence-electron chi connectivity index (χ1n) is 3.28. The van der Waals surface area contributed by atoms with E-state index in [1.54, 1.807) is 19.1 Å². The summed E-state index contributed by atoms with van der Waals surface area (Å²) in [4.78, 5) is 10.9. The molecule has 0 spiro atoms. The highest BCUT2D eigenvalue weighted by Crippen LogP contribution is 2.25. The Bertz CT molecular complexity index is 336. The molecule has 1 amide bonds. The maximum Gasteiger partial charge on any atom is 0.250 e. The SMILES string of the molecule is Cc1c(Cl)ccc(Cl)c1C(N)=O. The topological polar surface area (TPSA) is 43.1 Å². The molecule has 0 aromatic heterocycles. The van der Waals surface area contributed by atoms with Crippen LogP contribution in [0, 0.1) is 6.92 Å². The van der Waals surface area contributed by atoms with Gasteiger partial charge < -0.3 is 5.73 Å². The molecular weight excluding hydrogens is 197 g/mol. The first-order chi connectivity index (χ1) is 5.54. The Hall–Kier alpha value is -0.730. The zero-order chi connectivity index (χ0) is 9.30. The summed E-state index contributed by atoms with van der Waals surface area (Å²) in [5.41, 5.74) is 6.02. The number of amides is 1. The molecule has 0 saturated heterocycles. The molecule has 2 N–H and O–H groups in total. The van der Waals surface area contributed by atoms with Crippen LogP contribution in [0.25, 0.3) is 0 Å². The van der Waals surface area contributed by atoms with Gasteiger partial charge in [-0.3, -0.25) is 4.79 Å². The summed E-state index contributed by atoms with van der Waals surface area (Å²) in [6.07, 6.45) is 0. The molecule has 0 aliphatic carbocycles. The van der Waals surface area contributed by atoms with E-state index < -0.39 is 5.91 Å². The van der Waals surface area contributed by atoms with Crippen molar-refractivity contribution >= 4 is 29.1 Å². The molecule has 2 nitrogen and oxygen atoms in total. The Labute approximate surface area is 80.3 Å². The number of carbonyl (C=O) groups excluding carboxylic acids is 1. The molecule has 1 aromatic carbocycles. The molecule has 0 heterocycles. The molecule has 1 rings (SSSR count). The van der Waals surface area contributed by atoms with E-state index in [1.165, 1.54) is 0 Å². The lowest BCUT2D eigenvalue weighted by Gasteiger charge is -2.05. The lowest BCUT2D eigenvalue weighted by molar-refractivity contribution is 0.1000. The standard InChI is InChI=1S/C8H7Cl2NO/c1-4-5(9)2-3-6(10)7(4)8(11)12/h2-3H,1H3,(H2,11,12). The van der Waals surface area contributed by atoms with Crippen molar-refractivity contribution in [2.24, 2.45) is 5.73 Å². The third-order valence-corrected chi connectivity index (χ3v) is 2.32. The highest BCUT2D eigenvalue weighted by atomic mass is 35.5. The van der Waals surface area contributed by atoms with Crippen LogP contribution in [0.4, 0.5) is 0 Å². The van der Waals surface area contributed by atoms with Crippen molar-refractivity contribution in [3.8, 4) is 0 Å². The average Bonchev–Trinajstić information content (AvgIpc) is 1.97. The summed E-state index contributed by atoms with van der Waals surface area (Å²) >= 11 is 11.5. The number of benzene rings is 1. The van der Waals surface area contributed by atoms with Crippen molar-refractivity contribution in [2.45, 2.75) is 6.92 Å². The lowest BCUT2D eigenvalue weighted by atomic mass is 10.1. The van der Waals surface area contributed by atoms with Gasteiger partial charge in [-0.2, -0.15) is 0 Å². The van der Waals surface area contributed by atoms with E-state index in [1.807, 2.05) is 0 Å². The number of rotatable bonds is 1. The number of primary amides is 1. The number of halogens is 2. The van der Waals surface area contributed by atoms with Gasteiger partial charge >= 0.3 is 0 Å². The Morgan fingerprint density at radius 3 is 2.25 bits per heavy atom. The Morgan fingerprint density at radius 1 is 1.33 bits per heavy atom. The Balaban J connectivity index is 3.43. The van der Waals surface area contributed by atoms with Crippen LogP contribution in [0.2, 0.25) is 10.0 Å². The van der Waals surface area contributed by atoms with Gasteiger partial charge in [0.2, 0.25) is 0 Å². The van der Waals surface area contributed by atoms with E-state index in [4.69, 9.17) is 28.9 Å². The largest absolute Gasteiger partial charge is 0.366 e. The fourth-order valence-corrected chi connectivity index (χ4v) is 1.41. The van der Waals surface area contributed by atoms with Crippen LogP contribution in [0.3, 0.4) is 0 Å². The second kappa shape index (κ2) is 3.33. The molecule has 0 atom stereocenters. The minimum atomic E-state index is -0.556. The van der Waals surface area contributed by atoms with E-state index in [0.717, 1.165) is 0 Å². The number of hydrogen-bond donors (Lipinski definition) is 1. The molecule has 64 valence electrons. The number of hydrogen-bond acceptors (Lipinski definition) is 1. The van der Waals surface area contributed by atoms with E-state index >= 15 is 0 Å². The predicted molar refractivity (Wildman–Crippen MR) is 49.7 cm³/mol. The first-order valence-corrected chi connectivity index (χ1v) is 4.04. The van der Waals surface area contributed by atoms with Gasteiger partial charge in [0.25, 0.3) is 5.91 Å². The Morgan fingerprint density at radius 2 is 1.83 bits per heavy atom. The van der Waals surface area contributed by atoms with E-state index in [0.29, 0.717) is 21.2 Å². The molecule has 0 unspecified atom stereocenters. The third kappa shape index (κ3) is 1.54. The fraction of sp³-hybridized carbons (Fsp3) is 0.125. The summed E-state index contributed by atoms with van der Waals surface area (Å²) in [6.45, 7) is 1.70. The van der Waals surface area contributed by atoms with Gasteiger partial charge in [-0.25, -0.2) is 0 Å². The predicted octanol–water partition coefficient (Wildman–Crippen LogP) is 2.40. The van der Waals surface area contributed by atoms with E-state index in [-0.39, 0.29) is 0 Å². The molecule has 0 aliphatic rings. The van der Waals surface area contributed by atoms with Crippen molar-refractivity contribution < 1.29 is 4.79 Å². The molecular formula is C8H7Cl2NO. The Kier molecular flexibility index (Phi) is 2.60. The molecule has 1 aromatic rings. The summed E-state index contributed by atoms with van der Waals surface area (Å²) < 4.78 is 0. The van der Waals surface area contributed by atoms with Crippen LogP contribution in [0.1, 0.15) is 15.9 Å². The molecule has 0 radical (unpaired) electrons. The normalized spacial score (nSPS) is 9.92. The van der Waals surface area contributed by atoms with Gasteiger partial charge in [0.05, 0.1) is 10.6 Å². The maximum atomic E-state index is 10.9. The van der Waals surface area contributed by atoms with Crippen molar-refractivity contribution in [3.63, 3.8) is 0 Å². The zero-order valence-corrected chi connectivity index (χ0v) is 7.91. The van der Waals surface area contributed by atoms with Crippen LogP contribution in [0.15, 0.2) is 12.1 Å². The minimum absolute atomic E-state index is 0.296. The third-order valence-electron chi connectivity index (χ3n) is 1.59. The lowest BCUT2D eigenvalue weighted by Crippen LogP contribution is -2.13.